The molecule has 0 saturated carbocycles. The maximum atomic E-state index is 12.4. The lowest BCUT2D eigenvalue weighted by Crippen LogP contribution is -2.45. The molecule has 2 aromatic carbocycles. The van der Waals surface area contributed by atoms with Gasteiger partial charge >= 0.3 is 18.0 Å². The number of carbonyl (C=O) groups excluding carboxylic acids is 2. The van der Waals surface area contributed by atoms with Crippen molar-refractivity contribution < 1.29 is 48.3 Å². The average molecular weight is 651 g/mol. The van der Waals surface area contributed by atoms with E-state index in [2.05, 4.69) is 37.1 Å². The lowest BCUT2D eigenvalue weighted by atomic mass is 9.95. The molecule has 3 rings (SSSR count). The number of urea groups is 1. The molecule has 1 aliphatic rings. The molecule has 0 radical (unpaired) electrons. The van der Waals surface area contributed by atoms with E-state index < -0.39 is 36.8 Å². The Bertz CT molecular complexity index is 1380. The molecule has 15 heteroatoms. The van der Waals surface area contributed by atoms with Gasteiger partial charge in [0.15, 0.2) is 35.8 Å². The van der Waals surface area contributed by atoms with Gasteiger partial charge in [-0.2, -0.15) is 5.10 Å². The number of hydrazone groups is 1. The number of carboxylic acid groups (broad SMARTS) is 1. The summed E-state index contributed by atoms with van der Waals surface area (Å²) in [6.45, 7) is 2.96. The summed E-state index contributed by atoms with van der Waals surface area (Å²) in [7, 11) is 2.67. The van der Waals surface area contributed by atoms with Crippen LogP contribution in [0.4, 0.5) is 4.79 Å². The van der Waals surface area contributed by atoms with Crippen LogP contribution in [-0.4, -0.2) is 74.7 Å². The minimum absolute atomic E-state index is 0.206. The first-order chi connectivity index (χ1) is 20.1. The van der Waals surface area contributed by atoms with Crippen molar-refractivity contribution in [3.63, 3.8) is 0 Å². The second kappa shape index (κ2) is 14.9. The molecule has 0 spiro atoms. The quantitative estimate of drug-likeness (QED) is 0.0875. The molecule has 42 heavy (non-hydrogen) atoms. The molecule has 1 aliphatic heterocycles. The largest absolute Gasteiger partial charge is 0.493 e. The van der Waals surface area contributed by atoms with Crippen molar-refractivity contribution in [1.29, 1.82) is 0 Å². The Labute approximate surface area is 249 Å². The van der Waals surface area contributed by atoms with Gasteiger partial charge in [-0.3, -0.25) is 5.43 Å². The summed E-state index contributed by atoms with van der Waals surface area (Å²) in [6, 6.07) is 6.88. The predicted molar refractivity (Wildman–Crippen MR) is 153 cm³/mol. The smallest absolute Gasteiger partial charge is 0.341 e. The number of aliphatic hydroxyl groups excluding tert-OH is 1. The maximum Gasteiger partial charge on any atom is 0.341 e. The Hall–Kier alpha value is -4.50. The molecule has 2 amide bonds. The first kappa shape index (κ1) is 32.0. The van der Waals surface area contributed by atoms with Gasteiger partial charge in [0.1, 0.15) is 6.61 Å². The fraction of sp³-hybridized carbons (Fsp3) is 0.333. The van der Waals surface area contributed by atoms with Gasteiger partial charge in [0.05, 0.1) is 43.1 Å². The van der Waals surface area contributed by atoms with Gasteiger partial charge in [-0.25, -0.2) is 14.4 Å². The highest BCUT2D eigenvalue weighted by atomic mass is 79.9. The zero-order valence-corrected chi connectivity index (χ0v) is 24.8. The summed E-state index contributed by atoms with van der Waals surface area (Å²) in [4.78, 5) is 35.3. The van der Waals surface area contributed by atoms with Crippen LogP contribution < -0.4 is 35.0 Å². The number of halogens is 1. The number of methoxy groups -OCH3 is 2. The molecule has 0 aliphatic carbocycles. The van der Waals surface area contributed by atoms with Gasteiger partial charge in [-0.15, -0.1) is 0 Å². The van der Waals surface area contributed by atoms with Crippen molar-refractivity contribution in [3.8, 4) is 23.0 Å². The predicted octanol–water partition coefficient (Wildman–Crippen LogP) is 2.44. The first-order valence-electron chi connectivity index (χ1n) is 12.5. The number of rotatable bonds is 14. The first-order valence-corrected chi connectivity index (χ1v) is 13.3. The maximum absolute atomic E-state index is 12.4. The zero-order valence-electron chi connectivity index (χ0n) is 23.2. The van der Waals surface area contributed by atoms with E-state index >= 15 is 0 Å². The van der Waals surface area contributed by atoms with E-state index in [0.717, 1.165) is 0 Å². The number of nitrogens with one attached hydrogen (secondary N) is 3. The number of carbonyl (C=O) groups is 3. The molecule has 0 aromatic heterocycles. The zero-order chi connectivity index (χ0) is 30.8. The molecular formula is C27H31BrN4O10. The molecule has 1 heterocycles. The number of allylic oxidation sites excluding steroid dienone is 1. The molecule has 0 unspecified atom stereocenters. The Kier molecular flexibility index (Phi) is 11.4. The number of amides is 2. The number of ether oxygens (including phenoxy) is 5. The molecule has 2 atom stereocenters. The molecule has 2 aromatic rings. The summed E-state index contributed by atoms with van der Waals surface area (Å²) in [5.41, 5.74) is 4.29. The normalized spacial score (nSPS) is 15.4. The van der Waals surface area contributed by atoms with E-state index in [0.29, 0.717) is 39.4 Å². The van der Waals surface area contributed by atoms with Crippen molar-refractivity contribution >= 4 is 40.1 Å². The van der Waals surface area contributed by atoms with E-state index in [4.69, 9.17) is 28.8 Å². The van der Waals surface area contributed by atoms with Gasteiger partial charge in [0.25, 0.3) is 0 Å². The summed E-state index contributed by atoms with van der Waals surface area (Å²) < 4.78 is 27.3. The number of carboxylic acids is 1. The molecular weight excluding hydrogens is 620 g/mol. The number of esters is 1. The SMILES string of the molecule is CCOc1cc([C@@H]2NC(=O)NC(C)=C2C(=O)OC)ccc1OC[C@@H](O)N/N=C\c1cc(Br)c(OCC(=O)O)c(OC)c1. The molecule has 5 N–H and O–H groups in total. The standard InChI is InChI=1S/C27H31BrN4O10/c1-5-40-19-10-16(24-23(26(36)39-4)14(2)30-27(37)31-24)6-7-18(19)41-12-21(33)32-29-11-15-8-17(28)25(20(9-15)38-3)42-13-22(34)35/h6-11,21,24,32-33H,5,12-13H2,1-4H3,(H,34,35)(H2,30,31,37)/b29-11-/t21-,24+/m1/s1. The lowest BCUT2D eigenvalue weighted by molar-refractivity contribution is -0.139. The van der Waals surface area contributed by atoms with E-state index in [1.807, 2.05) is 0 Å². The molecule has 0 saturated heterocycles. The van der Waals surface area contributed by atoms with Gasteiger partial charge in [0, 0.05) is 5.70 Å². The summed E-state index contributed by atoms with van der Waals surface area (Å²) >= 11 is 3.32. The Balaban J connectivity index is 1.68. The van der Waals surface area contributed by atoms with Crippen LogP contribution in [0.15, 0.2) is 51.2 Å². The number of aliphatic carboxylic acids is 1. The van der Waals surface area contributed by atoms with Crippen molar-refractivity contribution in [2.24, 2.45) is 5.10 Å². The van der Waals surface area contributed by atoms with Crippen LogP contribution in [0.2, 0.25) is 0 Å². The van der Waals surface area contributed by atoms with Crippen molar-refractivity contribution in [3.05, 3.63) is 57.2 Å². The van der Waals surface area contributed by atoms with E-state index in [-0.39, 0.29) is 23.7 Å². The fourth-order valence-corrected chi connectivity index (χ4v) is 4.48. The second-order valence-corrected chi connectivity index (χ2v) is 9.49. The number of hydrogen-bond acceptors (Lipinski definition) is 11. The van der Waals surface area contributed by atoms with E-state index in [1.54, 1.807) is 44.2 Å². The summed E-state index contributed by atoms with van der Waals surface area (Å²) in [5.74, 6) is -0.555. The van der Waals surface area contributed by atoms with Crippen molar-refractivity contribution in [2.45, 2.75) is 26.1 Å². The van der Waals surface area contributed by atoms with Gasteiger partial charge < -0.3 is 44.5 Å². The lowest BCUT2D eigenvalue weighted by Gasteiger charge is -2.28. The minimum atomic E-state index is -1.21. The Morgan fingerprint density at radius 2 is 1.90 bits per heavy atom. The van der Waals surface area contributed by atoms with Crippen LogP contribution in [0.3, 0.4) is 0 Å². The van der Waals surface area contributed by atoms with Crippen LogP contribution in [0.5, 0.6) is 23.0 Å². The van der Waals surface area contributed by atoms with Gasteiger partial charge in [0.2, 0.25) is 0 Å². The summed E-state index contributed by atoms with van der Waals surface area (Å²) in [6.07, 6.45) is 0.207. The van der Waals surface area contributed by atoms with Crippen molar-refractivity contribution in [1.82, 2.24) is 16.1 Å². The Morgan fingerprint density at radius 3 is 2.57 bits per heavy atom. The highest BCUT2D eigenvalue weighted by Gasteiger charge is 2.32. The number of nitrogens with zero attached hydrogens (tertiary/aromatic N) is 1. The highest BCUT2D eigenvalue weighted by molar-refractivity contribution is 9.10. The summed E-state index contributed by atoms with van der Waals surface area (Å²) in [5, 5.41) is 28.5. The number of aliphatic hydroxyl groups is 1. The van der Waals surface area contributed by atoms with Crippen LogP contribution in [0.1, 0.15) is 31.0 Å². The van der Waals surface area contributed by atoms with Crippen molar-refractivity contribution in [2.75, 3.05) is 34.0 Å². The highest BCUT2D eigenvalue weighted by Crippen LogP contribution is 2.37. The molecule has 226 valence electrons. The third kappa shape index (κ3) is 8.27. The van der Waals surface area contributed by atoms with Gasteiger partial charge in [-0.1, -0.05) is 6.07 Å². The number of benzene rings is 2. The second-order valence-electron chi connectivity index (χ2n) is 8.63. The van der Waals surface area contributed by atoms with Crippen LogP contribution in [0.25, 0.3) is 0 Å². The van der Waals surface area contributed by atoms with Crippen LogP contribution in [-0.2, 0) is 14.3 Å². The van der Waals surface area contributed by atoms with Crippen LogP contribution in [0, 0.1) is 0 Å². The number of hydrogen-bond donors (Lipinski definition) is 5. The van der Waals surface area contributed by atoms with Gasteiger partial charge in [-0.05, 0) is 65.2 Å². The van der Waals surface area contributed by atoms with E-state index in [9.17, 15) is 19.5 Å². The third-order valence-electron chi connectivity index (χ3n) is 5.70. The minimum Gasteiger partial charge on any atom is -0.493 e. The third-order valence-corrected chi connectivity index (χ3v) is 6.29. The fourth-order valence-electron chi connectivity index (χ4n) is 3.91. The molecule has 14 nitrogen and oxygen atoms in total. The van der Waals surface area contributed by atoms with E-state index in [1.165, 1.54) is 20.4 Å². The molecule has 0 fully saturated rings. The topological polar surface area (TPSA) is 186 Å². The van der Waals surface area contributed by atoms with Crippen LogP contribution >= 0.6 is 15.9 Å². The molecule has 0 bridgehead atoms. The Morgan fingerprint density at radius 1 is 1.14 bits per heavy atom. The average Bonchev–Trinajstić information content (AvgIpc) is 2.94. The monoisotopic (exact) mass is 650 g/mol.